The van der Waals surface area contributed by atoms with Crippen LogP contribution >= 0.6 is 0 Å². The third kappa shape index (κ3) is 5.24. The quantitative estimate of drug-likeness (QED) is 0.758. The van der Waals surface area contributed by atoms with Gasteiger partial charge in [0.15, 0.2) is 0 Å². The second-order valence-corrected chi connectivity index (χ2v) is 4.86. The average Bonchev–Trinajstić information content (AvgIpc) is 2.49. The molecule has 1 unspecified atom stereocenters. The minimum Gasteiger partial charge on any atom is -0.383 e. The molecule has 126 valence electrons. The highest BCUT2D eigenvalue weighted by Crippen LogP contribution is 2.35. The van der Waals surface area contributed by atoms with Gasteiger partial charge in [0.2, 0.25) is 0 Å². The van der Waals surface area contributed by atoms with Gasteiger partial charge in [-0.1, -0.05) is 18.2 Å². The fourth-order valence-corrected chi connectivity index (χ4v) is 2.36. The summed E-state index contributed by atoms with van der Waals surface area (Å²) in [6.45, 7) is 1.87. The summed E-state index contributed by atoms with van der Waals surface area (Å²) in [5.41, 5.74) is 5.31. The van der Waals surface area contributed by atoms with Gasteiger partial charge in [-0.05, 0) is 11.6 Å². The van der Waals surface area contributed by atoms with Crippen LogP contribution in [0, 0.1) is 0 Å². The zero-order valence-corrected chi connectivity index (χ0v) is 12.9. The van der Waals surface area contributed by atoms with E-state index in [1.807, 2.05) is 4.90 Å². The first-order valence-electron chi connectivity index (χ1n) is 7.03. The van der Waals surface area contributed by atoms with Crippen molar-refractivity contribution >= 4 is 0 Å². The number of alkyl halides is 3. The van der Waals surface area contributed by atoms with Crippen LogP contribution in [0.15, 0.2) is 24.3 Å². The highest BCUT2D eigenvalue weighted by molar-refractivity contribution is 5.32. The molecular weight excluding hydrogens is 297 g/mol. The molecule has 0 aliphatic carbocycles. The first-order chi connectivity index (χ1) is 10.5. The van der Waals surface area contributed by atoms with Crippen LogP contribution in [-0.2, 0) is 15.7 Å². The third-order valence-corrected chi connectivity index (χ3v) is 3.45. The summed E-state index contributed by atoms with van der Waals surface area (Å²) in [5.74, 6) is 0. The van der Waals surface area contributed by atoms with Crippen molar-refractivity contribution in [1.82, 2.24) is 4.90 Å². The lowest BCUT2D eigenvalue weighted by Crippen LogP contribution is -2.39. The maximum atomic E-state index is 13.2. The number of halogens is 3. The Morgan fingerprint density at radius 3 is 2.09 bits per heavy atom. The van der Waals surface area contributed by atoms with Gasteiger partial charge < -0.3 is 15.2 Å². The van der Waals surface area contributed by atoms with Gasteiger partial charge in [-0.15, -0.1) is 0 Å². The van der Waals surface area contributed by atoms with E-state index in [4.69, 9.17) is 15.2 Å². The molecule has 0 heterocycles. The van der Waals surface area contributed by atoms with E-state index in [1.54, 1.807) is 20.3 Å². The van der Waals surface area contributed by atoms with Crippen molar-refractivity contribution in [2.24, 2.45) is 5.73 Å². The van der Waals surface area contributed by atoms with E-state index in [1.165, 1.54) is 12.1 Å². The Bertz CT molecular complexity index is 433. The molecule has 2 N–H and O–H groups in total. The predicted molar refractivity (Wildman–Crippen MR) is 78.6 cm³/mol. The molecule has 7 heteroatoms. The molecule has 1 aromatic rings. The van der Waals surface area contributed by atoms with E-state index < -0.39 is 17.8 Å². The van der Waals surface area contributed by atoms with E-state index >= 15 is 0 Å². The average molecular weight is 320 g/mol. The Hall–Kier alpha value is -1.15. The maximum Gasteiger partial charge on any atom is 0.416 e. The Labute approximate surface area is 129 Å². The van der Waals surface area contributed by atoms with Gasteiger partial charge in [-0.25, -0.2) is 0 Å². The smallest absolute Gasteiger partial charge is 0.383 e. The predicted octanol–water partition coefficient (Wildman–Crippen LogP) is 2.30. The van der Waals surface area contributed by atoms with Crippen LogP contribution in [0.4, 0.5) is 13.2 Å². The molecular formula is C15H23F3N2O2. The minimum atomic E-state index is -4.40. The number of nitrogens with zero attached hydrogens (tertiary/aromatic N) is 1. The summed E-state index contributed by atoms with van der Waals surface area (Å²) in [5, 5.41) is 0. The topological polar surface area (TPSA) is 47.7 Å². The number of rotatable bonds is 9. The molecule has 0 fully saturated rings. The number of methoxy groups -OCH3 is 2. The molecule has 22 heavy (non-hydrogen) atoms. The van der Waals surface area contributed by atoms with E-state index in [2.05, 4.69) is 0 Å². The van der Waals surface area contributed by atoms with Gasteiger partial charge >= 0.3 is 6.18 Å². The second-order valence-electron chi connectivity index (χ2n) is 4.86. The lowest BCUT2D eigenvalue weighted by molar-refractivity contribution is -0.138. The highest BCUT2D eigenvalue weighted by Gasteiger charge is 2.35. The number of nitrogens with two attached hydrogens (primary N) is 1. The Morgan fingerprint density at radius 2 is 1.64 bits per heavy atom. The Kier molecular flexibility index (Phi) is 7.81. The summed E-state index contributed by atoms with van der Waals surface area (Å²) in [6.07, 6.45) is -4.40. The van der Waals surface area contributed by atoms with Gasteiger partial charge in [-0.2, -0.15) is 13.2 Å². The molecule has 0 spiro atoms. The largest absolute Gasteiger partial charge is 0.416 e. The van der Waals surface area contributed by atoms with Gasteiger partial charge in [0, 0.05) is 39.9 Å². The van der Waals surface area contributed by atoms with Crippen LogP contribution in [-0.4, -0.2) is 52.0 Å². The zero-order chi connectivity index (χ0) is 16.6. The molecule has 0 radical (unpaired) electrons. The number of hydrogen-bond donors (Lipinski definition) is 1. The molecule has 1 atom stereocenters. The SMILES string of the molecule is COCCN(CCOC)C(CN)c1ccccc1C(F)(F)F. The summed E-state index contributed by atoms with van der Waals surface area (Å²) >= 11 is 0. The van der Waals surface area contributed by atoms with E-state index in [0.717, 1.165) is 6.07 Å². The van der Waals surface area contributed by atoms with Gasteiger partial charge in [0.05, 0.1) is 18.8 Å². The Balaban J connectivity index is 3.10. The first kappa shape index (κ1) is 18.9. The van der Waals surface area contributed by atoms with E-state index in [9.17, 15) is 13.2 Å². The summed E-state index contributed by atoms with van der Waals surface area (Å²) in [6, 6.07) is 5.01. The fraction of sp³-hybridized carbons (Fsp3) is 0.600. The lowest BCUT2D eigenvalue weighted by Gasteiger charge is -2.32. The molecule has 0 aliphatic rings. The van der Waals surface area contributed by atoms with E-state index in [-0.39, 0.29) is 12.1 Å². The molecule has 1 aromatic carbocycles. The lowest BCUT2D eigenvalue weighted by atomic mass is 9.98. The summed E-state index contributed by atoms with van der Waals surface area (Å²) < 4.78 is 49.7. The maximum absolute atomic E-state index is 13.2. The van der Waals surface area contributed by atoms with Crippen molar-refractivity contribution in [3.63, 3.8) is 0 Å². The van der Waals surface area contributed by atoms with Crippen molar-refractivity contribution in [3.8, 4) is 0 Å². The third-order valence-electron chi connectivity index (χ3n) is 3.45. The highest BCUT2D eigenvalue weighted by atomic mass is 19.4. The molecule has 0 bridgehead atoms. The van der Waals surface area contributed by atoms with Crippen LogP contribution in [0.3, 0.4) is 0 Å². The van der Waals surface area contributed by atoms with Crippen LogP contribution in [0.5, 0.6) is 0 Å². The summed E-state index contributed by atoms with van der Waals surface area (Å²) in [4.78, 5) is 1.86. The molecule has 1 rings (SSSR count). The minimum absolute atomic E-state index is 0.0839. The van der Waals surface area contributed by atoms with Gasteiger partial charge in [0.1, 0.15) is 0 Å². The van der Waals surface area contributed by atoms with E-state index in [0.29, 0.717) is 26.3 Å². The fourth-order valence-electron chi connectivity index (χ4n) is 2.36. The number of benzene rings is 1. The van der Waals surface area contributed by atoms with Crippen molar-refractivity contribution in [1.29, 1.82) is 0 Å². The van der Waals surface area contributed by atoms with Crippen molar-refractivity contribution in [2.45, 2.75) is 12.2 Å². The second kappa shape index (κ2) is 9.09. The number of hydrogen-bond acceptors (Lipinski definition) is 4. The standard InChI is InChI=1S/C15H23F3N2O2/c1-21-9-7-20(8-10-22-2)14(11-19)12-5-3-4-6-13(12)15(16,17)18/h3-6,14H,7-11,19H2,1-2H3. The molecule has 0 aliphatic heterocycles. The van der Waals surface area contributed by atoms with Gasteiger partial charge in [-0.3, -0.25) is 4.90 Å². The van der Waals surface area contributed by atoms with Crippen molar-refractivity contribution < 1.29 is 22.6 Å². The van der Waals surface area contributed by atoms with Crippen LogP contribution < -0.4 is 5.73 Å². The van der Waals surface area contributed by atoms with Gasteiger partial charge in [0.25, 0.3) is 0 Å². The molecule has 0 amide bonds. The molecule has 0 saturated carbocycles. The number of ether oxygens (including phenoxy) is 2. The Morgan fingerprint density at radius 1 is 1.09 bits per heavy atom. The van der Waals surface area contributed by atoms with Crippen molar-refractivity contribution in [3.05, 3.63) is 35.4 Å². The first-order valence-corrected chi connectivity index (χ1v) is 7.03. The molecule has 0 aromatic heterocycles. The van der Waals surface area contributed by atoms with Crippen LogP contribution in [0.1, 0.15) is 17.2 Å². The molecule has 0 saturated heterocycles. The zero-order valence-electron chi connectivity index (χ0n) is 12.9. The van der Waals surface area contributed by atoms with Crippen molar-refractivity contribution in [2.75, 3.05) is 47.1 Å². The normalized spacial score (nSPS) is 13.6. The molecule has 4 nitrogen and oxygen atoms in total. The van der Waals surface area contributed by atoms with Crippen LogP contribution in [0.25, 0.3) is 0 Å². The monoisotopic (exact) mass is 320 g/mol. The van der Waals surface area contributed by atoms with Crippen LogP contribution in [0.2, 0.25) is 0 Å². The summed E-state index contributed by atoms with van der Waals surface area (Å²) in [7, 11) is 3.10.